The Hall–Kier alpha value is -2.84. The van der Waals surface area contributed by atoms with E-state index in [1.807, 2.05) is 0 Å². The number of esters is 1. The molecule has 1 amide bonds. The van der Waals surface area contributed by atoms with Gasteiger partial charge in [0.15, 0.2) is 12.7 Å². The number of ether oxygens (including phenoxy) is 2. The van der Waals surface area contributed by atoms with Gasteiger partial charge < -0.3 is 14.8 Å². The monoisotopic (exact) mass is 412 g/mol. The van der Waals surface area contributed by atoms with Gasteiger partial charge in [-0.3, -0.25) is 14.9 Å². The van der Waals surface area contributed by atoms with Gasteiger partial charge in [-0.15, -0.1) is 0 Å². The van der Waals surface area contributed by atoms with Crippen LogP contribution in [0.15, 0.2) is 42.5 Å². The quantitative estimate of drug-likeness (QED) is 0.420. The van der Waals surface area contributed by atoms with Crippen LogP contribution >= 0.6 is 23.2 Å². The van der Waals surface area contributed by atoms with E-state index in [2.05, 4.69) is 5.32 Å². The molecule has 0 aliphatic rings. The minimum atomic E-state index is -1.18. The summed E-state index contributed by atoms with van der Waals surface area (Å²) in [6.45, 7) is 0.896. The van der Waals surface area contributed by atoms with Crippen molar-refractivity contribution in [2.24, 2.45) is 0 Å². The molecule has 0 aliphatic carbocycles. The Labute approximate surface area is 164 Å². The van der Waals surface area contributed by atoms with Gasteiger partial charge >= 0.3 is 5.97 Å². The number of halogens is 2. The highest BCUT2D eigenvalue weighted by molar-refractivity contribution is 6.33. The summed E-state index contributed by atoms with van der Waals surface area (Å²) in [5.41, 5.74) is -0.210. The smallest absolute Gasteiger partial charge is 0.344 e. The fourth-order valence-electron chi connectivity index (χ4n) is 1.94. The summed E-state index contributed by atoms with van der Waals surface area (Å²) >= 11 is 11.8. The van der Waals surface area contributed by atoms with Crippen LogP contribution in [0.2, 0.25) is 10.0 Å². The first-order valence-electron chi connectivity index (χ1n) is 7.59. The zero-order valence-electron chi connectivity index (χ0n) is 14.0. The Morgan fingerprint density at radius 1 is 1.19 bits per heavy atom. The van der Waals surface area contributed by atoms with Crippen LogP contribution in [0.25, 0.3) is 0 Å². The number of hydrogen-bond acceptors (Lipinski definition) is 6. The molecule has 1 unspecified atom stereocenters. The Balaban J connectivity index is 1.91. The van der Waals surface area contributed by atoms with Gasteiger partial charge in [-0.25, -0.2) is 4.79 Å². The molecule has 0 aromatic heterocycles. The van der Waals surface area contributed by atoms with E-state index in [0.29, 0.717) is 10.8 Å². The van der Waals surface area contributed by atoms with Crippen LogP contribution in [0.1, 0.15) is 6.92 Å². The molecule has 0 bridgehead atoms. The Morgan fingerprint density at radius 2 is 1.89 bits per heavy atom. The summed E-state index contributed by atoms with van der Waals surface area (Å²) in [4.78, 5) is 34.1. The maximum Gasteiger partial charge on any atom is 0.344 e. The van der Waals surface area contributed by atoms with Crippen molar-refractivity contribution in [3.8, 4) is 5.75 Å². The van der Waals surface area contributed by atoms with Crippen molar-refractivity contribution >= 4 is 46.5 Å². The predicted octanol–water partition coefficient (Wildman–Crippen LogP) is 3.85. The number of amides is 1. The van der Waals surface area contributed by atoms with Crippen molar-refractivity contribution < 1.29 is 24.0 Å². The summed E-state index contributed by atoms with van der Waals surface area (Å²) in [5.74, 6) is -1.19. The molecular weight excluding hydrogens is 399 g/mol. The zero-order chi connectivity index (χ0) is 20.0. The van der Waals surface area contributed by atoms with Crippen LogP contribution in [0.4, 0.5) is 11.4 Å². The van der Waals surface area contributed by atoms with Crippen LogP contribution in [-0.2, 0) is 14.3 Å². The maximum absolute atomic E-state index is 12.1. The molecule has 0 heterocycles. The first-order chi connectivity index (χ1) is 12.8. The fraction of sp³-hybridized carbons (Fsp3) is 0.176. The molecule has 10 heteroatoms. The summed E-state index contributed by atoms with van der Waals surface area (Å²) in [7, 11) is 0. The molecule has 2 aromatic rings. The number of nitro benzene ring substituents is 1. The second kappa shape index (κ2) is 9.20. The van der Waals surface area contributed by atoms with Gasteiger partial charge in [-0.1, -0.05) is 35.3 Å². The van der Waals surface area contributed by atoms with Gasteiger partial charge in [0.1, 0.15) is 5.75 Å². The second-order valence-electron chi connectivity index (χ2n) is 5.26. The predicted molar refractivity (Wildman–Crippen MR) is 99.2 cm³/mol. The molecule has 27 heavy (non-hydrogen) atoms. The number of nitro groups is 1. The second-order valence-corrected chi connectivity index (χ2v) is 6.08. The summed E-state index contributed by atoms with van der Waals surface area (Å²) in [6, 6.07) is 10.2. The molecule has 2 rings (SSSR count). The van der Waals surface area contributed by atoms with Crippen LogP contribution < -0.4 is 10.1 Å². The van der Waals surface area contributed by atoms with E-state index in [1.54, 1.807) is 24.3 Å². The molecule has 0 aliphatic heterocycles. The zero-order valence-corrected chi connectivity index (χ0v) is 15.5. The Bertz CT molecular complexity index is 874. The van der Waals surface area contributed by atoms with Crippen molar-refractivity contribution in [2.45, 2.75) is 13.0 Å². The number of nitrogens with zero attached hydrogens (tertiary/aromatic N) is 1. The number of nitrogens with one attached hydrogen (secondary N) is 1. The third kappa shape index (κ3) is 5.83. The minimum absolute atomic E-state index is 0.0334. The lowest BCUT2D eigenvalue weighted by molar-refractivity contribution is -0.384. The highest BCUT2D eigenvalue weighted by Gasteiger charge is 2.20. The molecule has 0 saturated heterocycles. The van der Waals surface area contributed by atoms with E-state index in [1.165, 1.54) is 19.1 Å². The molecule has 142 valence electrons. The van der Waals surface area contributed by atoms with Crippen molar-refractivity contribution in [1.29, 1.82) is 0 Å². The van der Waals surface area contributed by atoms with Gasteiger partial charge in [-0.2, -0.15) is 0 Å². The number of carbonyl (C=O) groups is 2. The molecule has 1 N–H and O–H groups in total. The summed E-state index contributed by atoms with van der Waals surface area (Å²) in [5, 5.41) is 13.6. The van der Waals surface area contributed by atoms with Crippen LogP contribution in [0, 0.1) is 10.1 Å². The first kappa shape index (κ1) is 20.5. The number of rotatable bonds is 7. The topological polar surface area (TPSA) is 108 Å². The molecule has 0 saturated carbocycles. The fourth-order valence-corrected chi connectivity index (χ4v) is 2.30. The van der Waals surface area contributed by atoms with E-state index in [0.717, 1.165) is 6.07 Å². The third-order valence-corrected chi connectivity index (χ3v) is 3.92. The number of anilines is 1. The molecule has 0 fully saturated rings. The average molecular weight is 413 g/mol. The SMILES string of the molecule is CC(OC(=O)COc1ccccc1Cl)C(=O)Nc1cc([N+](=O)[O-])ccc1Cl. The molecule has 2 aromatic carbocycles. The molecule has 0 spiro atoms. The van der Waals surface area contributed by atoms with Crippen LogP contribution in [0.3, 0.4) is 0 Å². The van der Waals surface area contributed by atoms with Gasteiger partial charge in [0.25, 0.3) is 11.6 Å². The number of non-ortho nitro benzene ring substituents is 1. The maximum atomic E-state index is 12.1. The molecule has 1 atom stereocenters. The third-order valence-electron chi connectivity index (χ3n) is 3.28. The van der Waals surface area contributed by atoms with E-state index >= 15 is 0 Å². The largest absolute Gasteiger partial charge is 0.480 e. The van der Waals surface area contributed by atoms with Crippen molar-refractivity contribution in [1.82, 2.24) is 0 Å². The lowest BCUT2D eigenvalue weighted by Crippen LogP contribution is -2.31. The minimum Gasteiger partial charge on any atom is -0.480 e. The normalized spacial score (nSPS) is 11.4. The van der Waals surface area contributed by atoms with Gasteiger partial charge in [-0.05, 0) is 25.1 Å². The number of carbonyl (C=O) groups excluding carboxylic acids is 2. The molecular formula is C17H14Cl2N2O6. The van der Waals surface area contributed by atoms with E-state index < -0.39 is 29.5 Å². The first-order valence-corrected chi connectivity index (χ1v) is 8.35. The van der Waals surface area contributed by atoms with Crippen molar-refractivity contribution in [3.63, 3.8) is 0 Å². The van der Waals surface area contributed by atoms with Crippen LogP contribution in [-0.4, -0.2) is 29.5 Å². The van der Waals surface area contributed by atoms with Gasteiger partial charge in [0.05, 0.1) is 20.7 Å². The number of benzene rings is 2. The molecule has 8 nitrogen and oxygen atoms in total. The highest BCUT2D eigenvalue weighted by Crippen LogP contribution is 2.27. The van der Waals surface area contributed by atoms with E-state index in [9.17, 15) is 19.7 Å². The van der Waals surface area contributed by atoms with Crippen LogP contribution in [0.5, 0.6) is 5.75 Å². The summed E-state index contributed by atoms with van der Waals surface area (Å²) in [6.07, 6.45) is -1.18. The average Bonchev–Trinajstić information content (AvgIpc) is 2.62. The lowest BCUT2D eigenvalue weighted by atomic mass is 10.2. The van der Waals surface area contributed by atoms with Crippen molar-refractivity contribution in [2.75, 3.05) is 11.9 Å². The standard InChI is InChI=1S/C17H14Cl2N2O6/c1-10(27-16(22)9-26-15-5-3-2-4-13(15)19)17(23)20-14-8-11(21(24)25)6-7-12(14)18/h2-8,10H,9H2,1H3,(H,20,23). The lowest BCUT2D eigenvalue weighted by Gasteiger charge is -2.14. The van der Waals surface area contributed by atoms with Gasteiger partial charge in [0.2, 0.25) is 0 Å². The van der Waals surface area contributed by atoms with E-state index in [4.69, 9.17) is 32.7 Å². The number of hydrogen-bond donors (Lipinski definition) is 1. The molecule has 0 radical (unpaired) electrons. The van der Waals surface area contributed by atoms with Crippen molar-refractivity contribution in [3.05, 3.63) is 62.6 Å². The van der Waals surface area contributed by atoms with Gasteiger partial charge in [0, 0.05) is 12.1 Å². The highest BCUT2D eigenvalue weighted by atomic mass is 35.5. The summed E-state index contributed by atoms with van der Waals surface area (Å²) < 4.78 is 10.2. The number of para-hydroxylation sites is 1. The van der Waals surface area contributed by atoms with E-state index in [-0.39, 0.29) is 16.4 Å². The Kier molecular flexibility index (Phi) is 6.98. The Morgan fingerprint density at radius 3 is 2.56 bits per heavy atom.